The number of phenolic OH excluding ortho intramolecular Hbond substituents is 1. The Morgan fingerprint density at radius 1 is 0.878 bits per heavy atom. The lowest BCUT2D eigenvalue weighted by atomic mass is 9.89. The number of phenols is 1. The van der Waals surface area contributed by atoms with Crippen LogP contribution in [0.15, 0.2) is 42.5 Å². The van der Waals surface area contributed by atoms with E-state index >= 15 is 4.39 Å². The van der Waals surface area contributed by atoms with Gasteiger partial charge in [0.15, 0.2) is 18.3 Å². The molecule has 12 heteroatoms. The number of hydrogen-bond donors (Lipinski definition) is 1. The van der Waals surface area contributed by atoms with Gasteiger partial charge < -0.3 is 28.8 Å². The van der Waals surface area contributed by atoms with Crippen LogP contribution in [0.5, 0.6) is 5.75 Å². The van der Waals surface area contributed by atoms with Crippen LogP contribution in [0.2, 0.25) is 0 Å². The third-order valence-corrected chi connectivity index (χ3v) is 7.45. The molecular weight excluding hydrogens is 559 g/mol. The Balaban J connectivity index is 1.79. The van der Waals surface area contributed by atoms with Crippen molar-refractivity contribution in [3.8, 4) is 5.75 Å². The van der Waals surface area contributed by atoms with E-state index < -0.39 is 72.6 Å². The minimum absolute atomic E-state index is 0.0278. The standard InChI is InChI=1S/C29H29FO10S/c1-14(31)36-13-24-27(37-15(2)32)29(39-17(4)34)28(38-16(3)33)26(40-24)21-11-19(22(30)12-23(21)35)10-20-9-18-7-5-6-8-25(18)41-20/h5-9,11-12,24,26-29,35H,10,13H2,1-4H3/t24-,26+,27-,28+,29+/m1/s1. The largest absolute Gasteiger partial charge is 0.507 e. The van der Waals surface area contributed by atoms with Crippen molar-refractivity contribution in [3.05, 3.63) is 64.3 Å². The van der Waals surface area contributed by atoms with E-state index in [1.54, 1.807) is 0 Å². The summed E-state index contributed by atoms with van der Waals surface area (Å²) in [5, 5.41) is 11.9. The van der Waals surface area contributed by atoms with Crippen LogP contribution < -0.4 is 0 Å². The summed E-state index contributed by atoms with van der Waals surface area (Å²) in [6, 6.07) is 12.0. The fourth-order valence-corrected chi connectivity index (χ4v) is 5.87. The molecule has 0 spiro atoms. The maximum absolute atomic E-state index is 15.1. The molecule has 0 radical (unpaired) electrons. The van der Waals surface area contributed by atoms with Crippen LogP contribution in [0.25, 0.3) is 10.1 Å². The van der Waals surface area contributed by atoms with E-state index in [0.29, 0.717) is 0 Å². The van der Waals surface area contributed by atoms with Gasteiger partial charge in [-0.15, -0.1) is 11.3 Å². The predicted molar refractivity (Wildman–Crippen MR) is 144 cm³/mol. The van der Waals surface area contributed by atoms with E-state index in [4.69, 9.17) is 23.7 Å². The van der Waals surface area contributed by atoms with Gasteiger partial charge in [0, 0.05) is 55.3 Å². The van der Waals surface area contributed by atoms with Crippen LogP contribution >= 0.6 is 11.3 Å². The van der Waals surface area contributed by atoms with Crippen molar-refractivity contribution in [2.75, 3.05) is 6.61 Å². The molecule has 5 atom stereocenters. The number of fused-ring (bicyclic) bond motifs is 1. The van der Waals surface area contributed by atoms with E-state index in [1.165, 1.54) is 24.3 Å². The zero-order chi connectivity index (χ0) is 29.8. The maximum Gasteiger partial charge on any atom is 0.303 e. The van der Waals surface area contributed by atoms with Crippen LogP contribution in [-0.4, -0.2) is 60.0 Å². The second-order valence-corrected chi connectivity index (χ2v) is 10.7. The number of thiophene rings is 1. The lowest BCUT2D eigenvalue weighted by Crippen LogP contribution is -2.59. The van der Waals surface area contributed by atoms with E-state index in [-0.39, 0.29) is 17.5 Å². The topological polar surface area (TPSA) is 135 Å². The number of ether oxygens (including phenoxy) is 5. The summed E-state index contributed by atoms with van der Waals surface area (Å²) in [5.41, 5.74) is 0.247. The normalized spacial score (nSPS) is 22.1. The van der Waals surface area contributed by atoms with Crippen molar-refractivity contribution in [3.63, 3.8) is 0 Å². The average Bonchev–Trinajstić information content (AvgIpc) is 3.29. The van der Waals surface area contributed by atoms with E-state index in [1.807, 2.05) is 30.3 Å². The van der Waals surface area contributed by atoms with Crippen LogP contribution in [0, 0.1) is 5.82 Å². The van der Waals surface area contributed by atoms with Crippen molar-refractivity contribution in [1.82, 2.24) is 0 Å². The fraction of sp³-hybridized carbons (Fsp3) is 0.379. The first-order valence-corrected chi connectivity index (χ1v) is 13.5. The van der Waals surface area contributed by atoms with Crippen molar-refractivity contribution in [2.45, 2.75) is 64.6 Å². The number of aromatic hydroxyl groups is 1. The highest BCUT2D eigenvalue weighted by atomic mass is 32.1. The summed E-state index contributed by atoms with van der Waals surface area (Å²) in [7, 11) is 0. The number of esters is 4. The zero-order valence-corrected chi connectivity index (χ0v) is 23.6. The Morgan fingerprint density at radius 3 is 2.15 bits per heavy atom. The average molecular weight is 589 g/mol. The van der Waals surface area contributed by atoms with Gasteiger partial charge in [0.1, 0.15) is 30.4 Å². The van der Waals surface area contributed by atoms with Gasteiger partial charge in [0.05, 0.1) is 0 Å². The third-order valence-electron chi connectivity index (χ3n) is 6.33. The molecule has 1 fully saturated rings. The lowest BCUT2D eigenvalue weighted by molar-refractivity contribution is -0.254. The van der Waals surface area contributed by atoms with Crippen molar-refractivity contribution >= 4 is 45.3 Å². The molecule has 0 saturated carbocycles. The highest BCUT2D eigenvalue weighted by Gasteiger charge is 2.53. The number of halogens is 1. The minimum Gasteiger partial charge on any atom is -0.507 e. The molecule has 1 N–H and O–H groups in total. The molecule has 218 valence electrons. The molecule has 2 heterocycles. The first kappa shape index (κ1) is 29.9. The van der Waals surface area contributed by atoms with Crippen LogP contribution in [0.4, 0.5) is 4.39 Å². The van der Waals surface area contributed by atoms with Gasteiger partial charge in [-0.1, -0.05) is 18.2 Å². The highest BCUT2D eigenvalue weighted by molar-refractivity contribution is 7.19. The number of rotatable bonds is 8. The molecule has 1 aliphatic heterocycles. The summed E-state index contributed by atoms with van der Waals surface area (Å²) < 4.78 is 43.7. The molecule has 4 rings (SSSR count). The zero-order valence-electron chi connectivity index (χ0n) is 22.8. The molecule has 2 aromatic carbocycles. The molecule has 1 aliphatic rings. The summed E-state index contributed by atoms with van der Waals surface area (Å²) in [6.07, 6.45) is -6.56. The highest BCUT2D eigenvalue weighted by Crippen LogP contribution is 2.42. The van der Waals surface area contributed by atoms with E-state index in [0.717, 1.165) is 41.8 Å². The van der Waals surface area contributed by atoms with Gasteiger partial charge in [0.25, 0.3) is 0 Å². The molecule has 3 aromatic rings. The predicted octanol–water partition coefficient (Wildman–Crippen LogP) is 4.13. The number of benzene rings is 2. The minimum atomic E-state index is -1.43. The van der Waals surface area contributed by atoms with Crippen molar-refractivity contribution < 1.29 is 52.4 Å². The first-order chi connectivity index (χ1) is 19.4. The van der Waals surface area contributed by atoms with Gasteiger partial charge >= 0.3 is 23.9 Å². The SMILES string of the molecule is CC(=O)OC[C@H]1O[C@@H](c2cc(Cc3cc4ccccc4s3)c(F)cc2O)[C@H](OC(C)=O)[C@@H](OC(C)=O)[C@@H]1OC(C)=O. The maximum atomic E-state index is 15.1. The molecule has 1 aromatic heterocycles. The lowest BCUT2D eigenvalue weighted by Gasteiger charge is -2.44. The number of hydrogen-bond acceptors (Lipinski definition) is 11. The Morgan fingerprint density at radius 2 is 1.51 bits per heavy atom. The van der Waals surface area contributed by atoms with Gasteiger partial charge in [-0.25, -0.2) is 4.39 Å². The number of carbonyl (C=O) groups is 4. The molecule has 10 nitrogen and oxygen atoms in total. The van der Waals surface area contributed by atoms with Crippen LogP contribution in [0.1, 0.15) is 49.8 Å². The Labute approximate surface area is 238 Å². The van der Waals surface area contributed by atoms with Gasteiger partial charge in [-0.3, -0.25) is 19.2 Å². The summed E-state index contributed by atoms with van der Waals surface area (Å²) in [6.45, 7) is 4.08. The number of carbonyl (C=O) groups excluding carboxylic acids is 4. The molecular formula is C29H29FO10S. The smallest absolute Gasteiger partial charge is 0.303 e. The van der Waals surface area contributed by atoms with E-state index in [2.05, 4.69) is 0 Å². The van der Waals surface area contributed by atoms with Gasteiger partial charge in [0.2, 0.25) is 0 Å². The Hall–Kier alpha value is -4.03. The molecule has 0 amide bonds. The van der Waals surface area contributed by atoms with Crippen molar-refractivity contribution in [2.24, 2.45) is 0 Å². The fourth-order valence-electron chi connectivity index (χ4n) is 4.78. The molecule has 0 aliphatic carbocycles. The third kappa shape index (κ3) is 7.19. The quantitative estimate of drug-likeness (QED) is 0.302. The second kappa shape index (κ2) is 12.6. The van der Waals surface area contributed by atoms with Gasteiger partial charge in [-0.05, 0) is 29.1 Å². The molecule has 0 unspecified atom stereocenters. The molecule has 0 bridgehead atoms. The van der Waals surface area contributed by atoms with Crippen LogP contribution in [-0.2, 0) is 49.3 Å². The van der Waals surface area contributed by atoms with Gasteiger partial charge in [-0.2, -0.15) is 0 Å². The second-order valence-electron chi connectivity index (χ2n) is 9.55. The Bertz CT molecular complexity index is 1430. The monoisotopic (exact) mass is 588 g/mol. The summed E-state index contributed by atoms with van der Waals surface area (Å²) >= 11 is 1.49. The molecule has 41 heavy (non-hydrogen) atoms. The Kier molecular flexibility index (Phi) is 9.24. The van der Waals surface area contributed by atoms with Crippen molar-refractivity contribution in [1.29, 1.82) is 0 Å². The molecule has 1 saturated heterocycles. The first-order valence-electron chi connectivity index (χ1n) is 12.7. The van der Waals surface area contributed by atoms with Crippen LogP contribution in [0.3, 0.4) is 0 Å². The summed E-state index contributed by atoms with van der Waals surface area (Å²) in [4.78, 5) is 48.7. The summed E-state index contributed by atoms with van der Waals surface area (Å²) in [5.74, 6) is -4.18. The van der Waals surface area contributed by atoms with E-state index in [9.17, 15) is 24.3 Å².